The van der Waals surface area contributed by atoms with Crippen LogP contribution in [0, 0.1) is 9.12 Å². The van der Waals surface area contributed by atoms with Crippen LogP contribution in [-0.4, -0.2) is 55.7 Å². The first-order valence-electron chi connectivity index (χ1n) is 11.4. The number of hydrogen-bond donors (Lipinski definition) is 1. The molecule has 1 aliphatic heterocycles. The number of aromatic nitrogens is 1. The first-order valence-corrected chi connectivity index (χ1v) is 12.9. The van der Waals surface area contributed by atoms with Crippen LogP contribution < -0.4 is 14.8 Å². The Morgan fingerprint density at radius 2 is 1.89 bits per heavy atom. The summed E-state index contributed by atoms with van der Waals surface area (Å²) in [5, 5.41) is 3.22. The monoisotopic (exact) mass is 622 g/mol. The largest absolute Gasteiger partial charge is 0.490 e. The highest BCUT2D eigenvalue weighted by atomic mass is 127. The summed E-state index contributed by atoms with van der Waals surface area (Å²) >= 11 is 8.33. The van der Waals surface area contributed by atoms with Crippen molar-refractivity contribution in [2.75, 3.05) is 26.9 Å². The zero-order valence-electron chi connectivity index (χ0n) is 21.4. The van der Waals surface area contributed by atoms with Crippen LogP contribution in [0.4, 0.5) is 0 Å². The van der Waals surface area contributed by atoms with E-state index in [0.717, 1.165) is 6.42 Å². The number of carbonyl (C=O) groups excluding carboxylic acids is 1. The van der Waals surface area contributed by atoms with Crippen LogP contribution in [-0.2, 0) is 19.0 Å². The van der Waals surface area contributed by atoms with Crippen LogP contribution in [0.5, 0.6) is 11.5 Å². The summed E-state index contributed by atoms with van der Waals surface area (Å²) in [7, 11) is 1.64. The Labute approximate surface area is 226 Å². The summed E-state index contributed by atoms with van der Waals surface area (Å²) in [6, 6.07) is 1.74. The predicted octanol–water partition coefficient (Wildman–Crippen LogP) is 5.28. The molecule has 0 fully saturated rings. The molecular weight excluding hydrogens is 587 g/mol. The lowest BCUT2D eigenvalue weighted by Gasteiger charge is -2.34. The second kappa shape index (κ2) is 13.1. The molecule has 0 spiro atoms. The summed E-state index contributed by atoms with van der Waals surface area (Å²) in [6.07, 6.45) is 4.92. The number of carbonyl (C=O) groups is 1. The summed E-state index contributed by atoms with van der Waals surface area (Å²) in [5.41, 5.74) is -0.508. The maximum Gasteiger partial charge on any atom is 0.339 e. The van der Waals surface area contributed by atoms with E-state index in [4.69, 9.17) is 35.3 Å². The number of rotatable bonds is 11. The number of nitrogens with zero attached hydrogens (tertiary/aromatic N) is 1. The van der Waals surface area contributed by atoms with Gasteiger partial charge in [0.1, 0.15) is 22.0 Å². The van der Waals surface area contributed by atoms with Gasteiger partial charge in [0.15, 0.2) is 16.7 Å². The van der Waals surface area contributed by atoms with Crippen molar-refractivity contribution in [2.24, 2.45) is 5.41 Å². The number of dihydropyridines is 1. The minimum absolute atomic E-state index is 0.227. The van der Waals surface area contributed by atoms with Crippen LogP contribution >= 0.6 is 34.2 Å². The van der Waals surface area contributed by atoms with E-state index in [9.17, 15) is 4.79 Å². The Hall–Kier alpha value is -1.56. The van der Waals surface area contributed by atoms with Crippen molar-refractivity contribution in [1.82, 2.24) is 10.3 Å². The molecule has 0 saturated carbocycles. The van der Waals surface area contributed by atoms with Gasteiger partial charge < -0.3 is 29.0 Å². The van der Waals surface area contributed by atoms with Gasteiger partial charge in [-0.05, 0) is 61.1 Å². The van der Waals surface area contributed by atoms with Gasteiger partial charge in [-0.15, -0.1) is 0 Å². The van der Waals surface area contributed by atoms with Gasteiger partial charge in [0.2, 0.25) is 0 Å². The summed E-state index contributed by atoms with van der Waals surface area (Å²) < 4.78 is 29.5. The minimum atomic E-state index is -0.613. The Balaban J connectivity index is 2.14. The van der Waals surface area contributed by atoms with Crippen LogP contribution in [0.25, 0.3) is 0 Å². The van der Waals surface area contributed by atoms with E-state index in [1.165, 1.54) is 0 Å². The number of halogens is 2. The predicted molar refractivity (Wildman–Crippen MR) is 144 cm³/mol. The molecule has 1 N–H and O–H groups in total. The third-order valence-electron chi connectivity index (χ3n) is 4.83. The van der Waals surface area contributed by atoms with E-state index in [2.05, 4.69) is 53.7 Å². The van der Waals surface area contributed by atoms with Crippen molar-refractivity contribution in [3.05, 3.63) is 39.0 Å². The van der Waals surface area contributed by atoms with Crippen molar-refractivity contribution < 1.29 is 28.5 Å². The van der Waals surface area contributed by atoms with E-state index in [-0.39, 0.29) is 23.3 Å². The van der Waals surface area contributed by atoms with Gasteiger partial charge in [-0.3, -0.25) is 0 Å². The highest BCUT2D eigenvalue weighted by Gasteiger charge is 2.34. The maximum atomic E-state index is 12.8. The molecule has 0 bridgehead atoms. The second-order valence-corrected chi connectivity index (χ2v) is 11.5. The lowest BCUT2D eigenvalue weighted by Crippen LogP contribution is -2.40. The molecular formula is C25H36ClIN2O6. The van der Waals surface area contributed by atoms with E-state index in [1.54, 1.807) is 31.7 Å². The fraction of sp³-hybridized carbons (Fsp3) is 0.600. The lowest BCUT2D eigenvalue weighted by atomic mass is 9.89. The maximum absolute atomic E-state index is 12.8. The normalized spacial score (nSPS) is 16.8. The second-order valence-electron chi connectivity index (χ2n) is 10.1. The van der Waals surface area contributed by atoms with Crippen molar-refractivity contribution >= 4 is 40.2 Å². The molecule has 196 valence electrons. The van der Waals surface area contributed by atoms with Crippen molar-refractivity contribution in [3.63, 3.8) is 0 Å². The van der Waals surface area contributed by atoms with E-state index >= 15 is 0 Å². The summed E-state index contributed by atoms with van der Waals surface area (Å²) in [6.45, 7) is 12.9. The number of hydrogen-bond acceptors (Lipinski definition) is 8. The van der Waals surface area contributed by atoms with E-state index in [0.29, 0.717) is 34.0 Å². The SMILES string of the molecule is COCCCOc1cc(OC[C@H](OC2C=CNC=C2C(=O)OC(C)(C)C)C(C)(C)C)c(I)nc1Cl. The van der Waals surface area contributed by atoms with Gasteiger partial charge in [0.05, 0.1) is 18.3 Å². The molecule has 1 aromatic rings. The molecule has 0 saturated heterocycles. The smallest absolute Gasteiger partial charge is 0.339 e. The molecule has 2 heterocycles. The van der Waals surface area contributed by atoms with Crippen molar-refractivity contribution in [2.45, 2.75) is 65.8 Å². The molecule has 0 amide bonds. The number of nitrogens with one attached hydrogen (secondary N) is 1. The molecule has 1 aliphatic rings. The molecule has 2 atom stereocenters. The average Bonchev–Trinajstić information content (AvgIpc) is 2.74. The quantitative estimate of drug-likeness (QED) is 0.155. The molecule has 2 rings (SSSR count). The first-order chi connectivity index (χ1) is 16.3. The van der Waals surface area contributed by atoms with Crippen LogP contribution in [0.1, 0.15) is 48.0 Å². The van der Waals surface area contributed by atoms with Crippen LogP contribution in [0.2, 0.25) is 5.15 Å². The molecule has 1 unspecified atom stereocenters. The van der Waals surface area contributed by atoms with Crippen LogP contribution in [0.3, 0.4) is 0 Å². The third kappa shape index (κ3) is 9.78. The van der Waals surface area contributed by atoms with Gasteiger partial charge in [0.25, 0.3) is 0 Å². The number of ether oxygens (including phenoxy) is 5. The molecule has 0 radical (unpaired) electrons. The molecule has 0 aromatic carbocycles. The third-order valence-corrected chi connectivity index (χ3v) is 5.87. The standard InChI is InChI=1S/C25H36ClIN2O6/c1-24(2,3)20(34-17-9-10-28-14-16(17)23(30)35-25(4,5)6)15-33-19-13-18(21(26)29-22(19)27)32-12-8-11-31-7/h9-10,13-14,17,20,28H,8,11-12,15H2,1-7H3/t17?,20-/m0/s1. The number of pyridine rings is 1. The first kappa shape index (κ1) is 29.7. The van der Waals surface area contributed by atoms with Gasteiger partial charge in [-0.1, -0.05) is 32.4 Å². The van der Waals surface area contributed by atoms with Crippen molar-refractivity contribution in [3.8, 4) is 11.5 Å². The zero-order chi connectivity index (χ0) is 26.2. The average molecular weight is 623 g/mol. The summed E-state index contributed by atoms with van der Waals surface area (Å²) in [5.74, 6) is 0.556. The Morgan fingerprint density at radius 1 is 1.17 bits per heavy atom. The fourth-order valence-electron chi connectivity index (χ4n) is 2.96. The molecule has 10 heteroatoms. The van der Waals surface area contributed by atoms with E-state index in [1.807, 2.05) is 20.8 Å². The van der Waals surface area contributed by atoms with Gasteiger partial charge in [0, 0.05) is 32.4 Å². The highest BCUT2D eigenvalue weighted by molar-refractivity contribution is 14.1. The molecule has 1 aromatic heterocycles. The van der Waals surface area contributed by atoms with Gasteiger partial charge >= 0.3 is 5.97 Å². The Morgan fingerprint density at radius 3 is 2.51 bits per heavy atom. The molecule has 0 aliphatic carbocycles. The van der Waals surface area contributed by atoms with Crippen molar-refractivity contribution in [1.29, 1.82) is 0 Å². The van der Waals surface area contributed by atoms with Gasteiger partial charge in [-0.25, -0.2) is 9.78 Å². The number of esters is 1. The molecule has 8 nitrogen and oxygen atoms in total. The Kier molecular flexibility index (Phi) is 11.1. The minimum Gasteiger partial charge on any atom is -0.490 e. The van der Waals surface area contributed by atoms with Crippen LogP contribution in [0.15, 0.2) is 30.1 Å². The fourth-order valence-corrected chi connectivity index (χ4v) is 3.84. The van der Waals surface area contributed by atoms with E-state index < -0.39 is 17.7 Å². The Bertz CT molecular complexity index is 924. The topological polar surface area (TPSA) is 88.1 Å². The number of methoxy groups -OCH3 is 1. The van der Waals surface area contributed by atoms with Gasteiger partial charge in [-0.2, -0.15) is 0 Å². The summed E-state index contributed by atoms with van der Waals surface area (Å²) in [4.78, 5) is 17.1. The zero-order valence-corrected chi connectivity index (χ0v) is 24.4. The molecule has 35 heavy (non-hydrogen) atoms. The lowest BCUT2D eigenvalue weighted by molar-refractivity contribution is -0.152. The highest BCUT2D eigenvalue weighted by Crippen LogP contribution is 2.33.